The summed E-state index contributed by atoms with van der Waals surface area (Å²) in [5.41, 5.74) is 6.15. The Morgan fingerprint density at radius 3 is 2.26 bits per heavy atom. The second-order valence-electron chi connectivity index (χ2n) is 9.19. The molecule has 1 atom stereocenters. The molecule has 0 radical (unpaired) electrons. The molecule has 35 heavy (non-hydrogen) atoms. The monoisotopic (exact) mass is 463 g/mol. The number of hydrogen-bond acceptors (Lipinski definition) is 5. The van der Waals surface area contributed by atoms with Crippen LogP contribution in [0.4, 0.5) is 5.69 Å². The molecule has 1 aliphatic rings. The molecule has 0 amide bonds. The molecule has 1 unspecified atom stereocenters. The number of rotatable bonds is 10. The van der Waals surface area contributed by atoms with E-state index in [2.05, 4.69) is 97.9 Å². The summed E-state index contributed by atoms with van der Waals surface area (Å²) in [5, 5.41) is 3.52. The highest BCUT2D eigenvalue weighted by molar-refractivity contribution is 5.47. The second-order valence-corrected chi connectivity index (χ2v) is 9.19. The lowest BCUT2D eigenvalue weighted by Gasteiger charge is -2.29. The zero-order valence-corrected chi connectivity index (χ0v) is 20.1. The highest BCUT2D eigenvalue weighted by atomic mass is 15.3. The van der Waals surface area contributed by atoms with Gasteiger partial charge in [-0.2, -0.15) is 0 Å². The Morgan fingerprint density at radius 2 is 1.49 bits per heavy atom. The van der Waals surface area contributed by atoms with Crippen molar-refractivity contribution in [2.75, 3.05) is 18.0 Å². The summed E-state index contributed by atoms with van der Waals surface area (Å²) in [6.45, 7) is 5.51. The van der Waals surface area contributed by atoms with Crippen LogP contribution in [0.5, 0.6) is 0 Å². The quantitative estimate of drug-likeness (QED) is 0.357. The van der Waals surface area contributed by atoms with Crippen LogP contribution in [0, 0.1) is 0 Å². The third-order valence-electron chi connectivity index (χ3n) is 6.63. The van der Waals surface area contributed by atoms with Crippen LogP contribution in [-0.4, -0.2) is 34.0 Å². The highest BCUT2D eigenvalue weighted by Crippen LogP contribution is 2.25. The van der Waals surface area contributed by atoms with Crippen LogP contribution in [0.2, 0.25) is 0 Å². The molecule has 0 aliphatic carbocycles. The molecular formula is C30H33N5. The van der Waals surface area contributed by atoms with Crippen molar-refractivity contribution in [2.24, 2.45) is 0 Å². The van der Waals surface area contributed by atoms with Gasteiger partial charge >= 0.3 is 0 Å². The predicted octanol–water partition coefficient (Wildman–Crippen LogP) is 5.05. The van der Waals surface area contributed by atoms with E-state index in [9.17, 15) is 0 Å². The fourth-order valence-electron chi connectivity index (χ4n) is 4.84. The van der Waals surface area contributed by atoms with E-state index in [1.165, 1.54) is 16.8 Å². The van der Waals surface area contributed by atoms with E-state index in [0.717, 1.165) is 57.1 Å². The molecule has 5 rings (SSSR count). The molecular weight excluding hydrogens is 430 g/mol. The van der Waals surface area contributed by atoms with Crippen LogP contribution in [0.15, 0.2) is 103 Å². The summed E-state index contributed by atoms with van der Waals surface area (Å²) in [6.07, 6.45) is 4.90. The van der Waals surface area contributed by atoms with E-state index in [4.69, 9.17) is 0 Å². The number of para-hydroxylation sites is 1. The van der Waals surface area contributed by atoms with Gasteiger partial charge in [0.15, 0.2) is 0 Å². The first-order valence-electron chi connectivity index (χ1n) is 12.5. The highest BCUT2D eigenvalue weighted by Gasteiger charge is 2.28. The molecule has 2 aromatic carbocycles. The zero-order chi connectivity index (χ0) is 23.7. The maximum absolute atomic E-state index is 4.62. The van der Waals surface area contributed by atoms with Crippen molar-refractivity contribution < 1.29 is 0 Å². The molecule has 1 saturated heterocycles. The van der Waals surface area contributed by atoms with Gasteiger partial charge in [0.2, 0.25) is 0 Å². The molecule has 4 aromatic rings. The summed E-state index contributed by atoms with van der Waals surface area (Å²) in [4.78, 5) is 14.1. The van der Waals surface area contributed by atoms with E-state index < -0.39 is 0 Å². The van der Waals surface area contributed by atoms with Gasteiger partial charge in [-0.1, -0.05) is 54.6 Å². The van der Waals surface area contributed by atoms with Crippen molar-refractivity contribution in [1.82, 2.24) is 20.2 Å². The number of benzene rings is 2. The Bertz CT molecular complexity index is 1170. The van der Waals surface area contributed by atoms with Gasteiger partial charge in [-0.3, -0.25) is 14.9 Å². The third kappa shape index (κ3) is 6.53. The number of pyridine rings is 2. The van der Waals surface area contributed by atoms with Crippen molar-refractivity contribution in [3.8, 4) is 0 Å². The van der Waals surface area contributed by atoms with Crippen LogP contribution < -0.4 is 10.2 Å². The first kappa shape index (κ1) is 23.2. The molecule has 0 saturated carbocycles. The minimum atomic E-state index is 0.489. The number of nitrogens with zero attached hydrogens (tertiary/aromatic N) is 4. The molecule has 2 aromatic heterocycles. The van der Waals surface area contributed by atoms with Gasteiger partial charge in [0, 0.05) is 63.4 Å². The first-order valence-corrected chi connectivity index (χ1v) is 12.5. The number of aromatic nitrogens is 2. The van der Waals surface area contributed by atoms with Crippen LogP contribution in [-0.2, 0) is 26.2 Å². The molecule has 5 nitrogen and oxygen atoms in total. The van der Waals surface area contributed by atoms with E-state index in [1.54, 1.807) is 0 Å². The van der Waals surface area contributed by atoms with Gasteiger partial charge in [0.25, 0.3) is 0 Å². The predicted molar refractivity (Wildman–Crippen MR) is 142 cm³/mol. The van der Waals surface area contributed by atoms with Crippen LogP contribution in [0.1, 0.15) is 28.9 Å². The molecule has 1 fully saturated rings. The Labute approximate surface area is 208 Å². The Hall–Kier alpha value is -3.54. The number of anilines is 1. The van der Waals surface area contributed by atoms with Crippen molar-refractivity contribution in [1.29, 1.82) is 0 Å². The second kappa shape index (κ2) is 11.7. The maximum atomic E-state index is 4.62. The maximum Gasteiger partial charge on any atom is 0.0544 e. The van der Waals surface area contributed by atoms with Gasteiger partial charge in [0.05, 0.1) is 11.4 Å². The topological polar surface area (TPSA) is 44.3 Å². The van der Waals surface area contributed by atoms with Gasteiger partial charge in [-0.15, -0.1) is 0 Å². The van der Waals surface area contributed by atoms with Crippen molar-refractivity contribution in [3.05, 3.63) is 126 Å². The lowest BCUT2D eigenvalue weighted by atomic mass is 10.1. The average Bonchev–Trinajstić information content (AvgIpc) is 3.41. The largest absolute Gasteiger partial charge is 0.370 e. The Balaban J connectivity index is 1.26. The lowest BCUT2D eigenvalue weighted by molar-refractivity contribution is 0.189. The van der Waals surface area contributed by atoms with E-state index >= 15 is 0 Å². The molecule has 5 heteroatoms. The summed E-state index contributed by atoms with van der Waals surface area (Å²) in [7, 11) is 0. The van der Waals surface area contributed by atoms with Crippen molar-refractivity contribution in [2.45, 2.75) is 38.6 Å². The summed E-state index contributed by atoms with van der Waals surface area (Å²) < 4.78 is 0. The molecule has 1 aliphatic heterocycles. The van der Waals surface area contributed by atoms with Gasteiger partial charge in [0.1, 0.15) is 0 Å². The van der Waals surface area contributed by atoms with E-state index in [-0.39, 0.29) is 0 Å². The normalized spacial score (nSPS) is 15.6. The fourth-order valence-corrected chi connectivity index (χ4v) is 4.84. The molecule has 0 spiro atoms. The summed E-state index contributed by atoms with van der Waals surface area (Å²) >= 11 is 0. The number of hydrogen-bond donors (Lipinski definition) is 1. The average molecular weight is 464 g/mol. The fraction of sp³-hybridized carbons (Fsp3) is 0.267. The Morgan fingerprint density at radius 1 is 0.743 bits per heavy atom. The molecule has 0 bridgehead atoms. The minimum Gasteiger partial charge on any atom is -0.370 e. The molecule has 1 N–H and O–H groups in total. The van der Waals surface area contributed by atoms with Crippen LogP contribution in [0.3, 0.4) is 0 Å². The van der Waals surface area contributed by atoms with Gasteiger partial charge in [-0.25, -0.2) is 0 Å². The standard InChI is InChI=1S/C30H33N5/c1-2-13-29(14-3-1)34-18-15-30(24-34)35(23-28-12-5-7-17-33-28)22-26-10-8-9-25(19-26)20-31-21-27-11-4-6-16-32-27/h1-14,16-17,19,30-31H,15,18,20-24H2. The molecule has 178 valence electrons. The van der Waals surface area contributed by atoms with Crippen LogP contribution >= 0.6 is 0 Å². The van der Waals surface area contributed by atoms with Crippen LogP contribution in [0.25, 0.3) is 0 Å². The van der Waals surface area contributed by atoms with E-state index in [0.29, 0.717) is 6.04 Å². The summed E-state index contributed by atoms with van der Waals surface area (Å²) in [6, 6.07) is 32.5. The SMILES string of the molecule is c1ccc(N2CCC(N(Cc3cccc(CNCc4ccccn4)c3)Cc3ccccn3)C2)cc1. The molecule has 3 heterocycles. The first-order chi connectivity index (χ1) is 17.3. The number of nitrogens with one attached hydrogen (secondary N) is 1. The zero-order valence-electron chi connectivity index (χ0n) is 20.1. The van der Waals surface area contributed by atoms with Gasteiger partial charge < -0.3 is 10.2 Å². The van der Waals surface area contributed by atoms with E-state index in [1.807, 2.05) is 30.6 Å². The van der Waals surface area contributed by atoms with Crippen molar-refractivity contribution >= 4 is 5.69 Å². The smallest absolute Gasteiger partial charge is 0.0544 e. The van der Waals surface area contributed by atoms with Crippen molar-refractivity contribution in [3.63, 3.8) is 0 Å². The minimum absolute atomic E-state index is 0.489. The Kier molecular flexibility index (Phi) is 7.78. The third-order valence-corrected chi connectivity index (χ3v) is 6.63. The van der Waals surface area contributed by atoms with Gasteiger partial charge in [-0.05, 0) is 53.9 Å². The summed E-state index contributed by atoms with van der Waals surface area (Å²) in [5.74, 6) is 0. The lowest BCUT2D eigenvalue weighted by Crippen LogP contribution is -2.37.